The second-order valence-corrected chi connectivity index (χ2v) is 4.30. The Kier molecular flexibility index (Phi) is 3.48. The lowest BCUT2D eigenvalue weighted by Crippen LogP contribution is -2.13. The van der Waals surface area contributed by atoms with E-state index < -0.39 is 0 Å². The number of rotatable bonds is 2. The van der Waals surface area contributed by atoms with Crippen molar-refractivity contribution in [3.05, 3.63) is 52.8 Å². The number of halogens is 1. The minimum absolute atomic E-state index is 0.270. The summed E-state index contributed by atoms with van der Waals surface area (Å²) in [5.41, 5.74) is 7.94. The number of nitrogens with zero attached hydrogens (tertiary/aromatic N) is 1. The molecule has 0 aliphatic heterocycles. The van der Waals surface area contributed by atoms with Crippen LogP contribution in [0.15, 0.2) is 36.5 Å². The second kappa shape index (κ2) is 5.06. The van der Waals surface area contributed by atoms with Gasteiger partial charge in [-0.1, -0.05) is 17.7 Å². The van der Waals surface area contributed by atoms with Gasteiger partial charge in [0.25, 0.3) is 5.91 Å². The van der Waals surface area contributed by atoms with Crippen molar-refractivity contribution in [2.75, 3.05) is 11.1 Å². The highest BCUT2D eigenvalue weighted by molar-refractivity contribution is 6.31. The van der Waals surface area contributed by atoms with Crippen LogP contribution < -0.4 is 11.1 Å². The van der Waals surface area contributed by atoms with Crippen molar-refractivity contribution in [2.45, 2.75) is 6.92 Å². The van der Waals surface area contributed by atoms with Crippen molar-refractivity contribution in [2.24, 2.45) is 0 Å². The van der Waals surface area contributed by atoms with Gasteiger partial charge >= 0.3 is 0 Å². The number of nitrogen functional groups attached to an aromatic ring is 1. The van der Waals surface area contributed by atoms with E-state index in [1.54, 1.807) is 18.2 Å². The molecule has 0 saturated heterocycles. The van der Waals surface area contributed by atoms with E-state index in [0.29, 0.717) is 16.4 Å². The molecule has 0 aliphatic rings. The third-order valence-corrected chi connectivity index (χ3v) is 2.85. The lowest BCUT2D eigenvalue weighted by atomic mass is 10.2. The van der Waals surface area contributed by atoms with Gasteiger partial charge in [-0.2, -0.15) is 0 Å². The number of aromatic nitrogens is 1. The first-order valence-corrected chi connectivity index (χ1v) is 5.73. The molecule has 0 spiro atoms. The highest BCUT2D eigenvalue weighted by atomic mass is 35.5. The van der Waals surface area contributed by atoms with Crippen LogP contribution in [0.4, 0.5) is 11.4 Å². The highest BCUT2D eigenvalue weighted by Gasteiger charge is 2.08. The SMILES string of the molecule is Cc1ccc(NC(=O)c2cc(N)ccn2)cc1Cl. The number of hydrogen-bond acceptors (Lipinski definition) is 3. The van der Waals surface area contributed by atoms with Crippen molar-refractivity contribution in [1.29, 1.82) is 0 Å². The maximum Gasteiger partial charge on any atom is 0.274 e. The summed E-state index contributed by atoms with van der Waals surface area (Å²) in [6, 6.07) is 8.46. The van der Waals surface area contributed by atoms with Crippen LogP contribution in [0.1, 0.15) is 16.1 Å². The molecule has 0 saturated carbocycles. The Morgan fingerprint density at radius 2 is 2.11 bits per heavy atom. The first kappa shape index (κ1) is 12.4. The lowest BCUT2D eigenvalue weighted by molar-refractivity contribution is 0.102. The Hall–Kier alpha value is -2.07. The number of carbonyl (C=O) groups excluding carboxylic acids is 1. The van der Waals surface area contributed by atoms with Crippen LogP contribution in [0.2, 0.25) is 5.02 Å². The molecule has 0 atom stereocenters. The zero-order chi connectivity index (χ0) is 13.1. The zero-order valence-electron chi connectivity index (χ0n) is 9.77. The molecular weight excluding hydrogens is 250 g/mol. The van der Waals surface area contributed by atoms with Crippen molar-refractivity contribution in [3.63, 3.8) is 0 Å². The van der Waals surface area contributed by atoms with Crippen LogP contribution >= 0.6 is 11.6 Å². The number of hydrogen-bond donors (Lipinski definition) is 2. The van der Waals surface area contributed by atoms with E-state index in [4.69, 9.17) is 17.3 Å². The molecule has 1 aromatic carbocycles. The molecule has 0 unspecified atom stereocenters. The molecule has 1 amide bonds. The van der Waals surface area contributed by atoms with Gasteiger partial charge in [-0.25, -0.2) is 0 Å². The molecule has 2 aromatic rings. The summed E-state index contributed by atoms with van der Waals surface area (Å²) in [7, 11) is 0. The third kappa shape index (κ3) is 2.78. The molecule has 0 radical (unpaired) electrons. The van der Waals surface area contributed by atoms with Crippen LogP contribution in [0, 0.1) is 6.92 Å². The topological polar surface area (TPSA) is 68.0 Å². The van der Waals surface area contributed by atoms with Gasteiger partial charge < -0.3 is 11.1 Å². The Morgan fingerprint density at radius 3 is 2.78 bits per heavy atom. The standard InChI is InChI=1S/C13H12ClN3O/c1-8-2-3-10(7-11(8)14)17-13(18)12-6-9(15)4-5-16-12/h2-7H,1H3,(H2,15,16)(H,17,18). The maximum atomic E-state index is 11.9. The number of anilines is 2. The van der Waals surface area contributed by atoms with E-state index in [1.807, 2.05) is 13.0 Å². The third-order valence-electron chi connectivity index (χ3n) is 2.45. The first-order chi connectivity index (χ1) is 8.56. The normalized spacial score (nSPS) is 10.1. The van der Waals surface area contributed by atoms with Crippen LogP contribution in [0.25, 0.3) is 0 Å². The smallest absolute Gasteiger partial charge is 0.274 e. The minimum atomic E-state index is -0.317. The summed E-state index contributed by atoms with van der Waals surface area (Å²) in [4.78, 5) is 15.8. The molecule has 1 aromatic heterocycles. The van der Waals surface area contributed by atoms with Gasteiger partial charge in [-0.3, -0.25) is 9.78 Å². The second-order valence-electron chi connectivity index (χ2n) is 3.89. The average Bonchev–Trinajstić information content (AvgIpc) is 2.34. The summed E-state index contributed by atoms with van der Waals surface area (Å²) in [5, 5.41) is 3.32. The summed E-state index contributed by atoms with van der Waals surface area (Å²) in [5.74, 6) is -0.317. The van der Waals surface area contributed by atoms with E-state index in [0.717, 1.165) is 5.56 Å². The Balaban J connectivity index is 2.18. The fraction of sp³-hybridized carbons (Fsp3) is 0.0769. The summed E-state index contributed by atoms with van der Waals surface area (Å²) in [6.45, 7) is 1.90. The average molecular weight is 262 g/mol. The molecule has 2 rings (SSSR count). The van der Waals surface area contributed by atoms with Crippen molar-refractivity contribution in [3.8, 4) is 0 Å². The van der Waals surface area contributed by atoms with Gasteiger partial charge in [0.2, 0.25) is 0 Å². The fourth-order valence-electron chi connectivity index (χ4n) is 1.44. The molecule has 0 bridgehead atoms. The summed E-state index contributed by atoms with van der Waals surface area (Å²) >= 11 is 5.98. The van der Waals surface area contributed by atoms with E-state index >= 15 is 0 Å². The fourth-order valence-corrected chi connectivity index (χ4v) is 1.62. The molecule has 0 aliphatic carbocycles. The van der Waals surface area contributed by atoms with Crippen molar-refractivity contribution < 1.29 is 4.79 Å². The van der Waals surface area contributed by atoms with Crippen molar-refractivity contribution in [1.82, 2.24) is 4.98 Å². The molecule has 3 N–H and O–H groups in total. The molecule has 1 heterocycles. The largest absolute Gasteiger partial charge is 0.399 e. The van der Waals surface area contributed by atoms with Crippen LogP contribution in [0.5, 0.6) is 0 Å². The number of nitrogens with one attached hydrogen (secondary N) is 1. The number of nitrogens with two attached hydrogens (primary N) is 1. The molecule has 18 heavy (non-hydrogen) atoms. The monoisotopic (exact) mass is 261 g/mol. The van der Waals surface area contributed by atoms with Gasteiger partial charge in [-0.05, 0) is 36.8 Å². The summed E-state index contributed by atoms with van der Waals surface area (Å²) in [6.07, 6.45) is 1.49. The van der Waals surface area contributed by atoms with Crippen molar-refractivity contribution >= 4 is 28.9 Å². The zero-order valence-corrected chi connectivity index (χ0v) is 10.5. The van der Waals surface area contributed by atoms with Crippen LogP contribution in [-0.4, -0.2) is 10.9 Å². The minimum Gasteiger partial charge on any atom is -0.399 e. The molecule has 0 fully saturated rings. The van der Waals surface area contributed by atoms with E-state index in [2.05, 4.69) is 10.3 Å². The Morgan fingerprint density at radius 1 is 1.33 bits per heavy atom. The predicted molar refractivity (Wildman–Crippen MR) is 72.8 cm³/mol. The highest BCUT2D eigenvalue weighted by Crippen LogP contribution is 2.20. The summed E-state index contributed by atoms with van der Waals surface area (Å²) < 4.78 is 0. The van der Waals surface area contributed by atoms with Gasteiger partial charge in [0.15, 0.2) is 0 Å². The molecule has 92 valence electrons. The Bertz CT molecular complexity index is 599. The predicted octanol–water partition coefficient (Wildman–Crippen LogP) is 2.88. The van der Waals surface area contributed by atoms with Crippen LogP contribution in [-0.2, 0) is 0 Å². The Labute approximate surface area is 110 Å². The van der Waals surface area contributed by atoms with Crippen LogP contribution in [0.3, 0.4) is 0 Å². The molecule has 5 heteroatoms. The van der Waals surface area contributed by atoms with E-state index in [1.165, 1.54) is 12.3 Å². The lowest BCUT2D eigenvalue weighted by Gasteiger charge is -2.06. The number of carbonyl (C=O) groups is 1. The van der Waals surface area contributed by atoms with E-state index in [-0.39, 0.29) is 11.6 Å². The van der Waals surface area contributed by atoms with E-state index in [9.17, 15) is 4.79 Å². The maximum absolute atomic E-state index is 11.9. The van der Waals surface area contributed by atoms with Gasteiger partial charge in [0, 0.05) is 22.6 Å². The quantitative estimate of drug-likeness (QED) is 0.873. The van der Waals surface area contributed by atoms with Gasteiger partial charge in [0.05, 0.1) is 0 Å². The number of benzene rings is 1. The number of amides is 1. The molecular formula is C13H12ClN3O. The molecule has 4 nitrogen and oxygen atoms in total. The van der Waals surface area contributed by atoms with Gasteiger partial charge in [-0.15, -0.1) is 0 Å². The first-order valence-electron chi connectivity index (χ1n) is 5.35. The van der Waals surface area contributed by atoms with Gasteiger partial charge in [0.1, 0.15) is 5.69 Å². The number of pyridine rings is 1. The number of aryl methyl sites for hydroxylation is 1.